The van der Waals surface area contributed by atoms with E-state index in [0.717, 1.165) is 11.3 Å². The van der Waals surface area contributed by atoms with Crippen LogP contribution in [0.25, 0.3) is 6.08 Å². The minimum absolute atomic E-state index is 0.265. The molecule has 6 heteroatoms. The van der Waals surface area contributed by atoms with E-state index in [-0.39, 0.29) is 11.6 Å². The molecule has 0 unspecified atom stereocenters. The zero-order valence-electron chi connectivity index (χ0n) is 18.3. The Morgan fingerprint density at radius 3 is 2.18 bits per heavy atom. The van der Waals surface area contributed by atoms with Gasteiger partial charge in [-0.05, 0) is 29.3 Å². The van der Waals surface area contributed by atoms with Gasteiger partial charge < -0.3 is 9.64 Å². The van der Waals surface area contributed by atoms with Gasteiger partial charge in [-0.25, -0.2) is 4.79 Å². The second kappa shape index (κ2) is 7.40. The van der Waals surface area contributed by atoms with Crippen LogP contribution in [0.4, 0.5) is 5.69 Å². The predicted molar refractivity (Wildman–Crippen MR) is 129 cm³/mol. The van der Waals surface area contributed by atoms with Crippen LogP contribution in [0.15, 0.2) is 78.9 Å². The molecule has 168 valence electrons. The largest absolute Gasteiger partial charge is 0.467 e. The highest BCUT2D eigenvalue weighted by Gasteiger charge is 2.71. The Bertz CT molecular complexity index is 1360. The van der Waals surface area contributed by atoms with E-state index in [2.05, 4.69) is 0 Å². The van der Waals surface area contributed by atoms with Crippen LogP contribution in [0.5, 0.6) is 0 Å². The topological polar surface area (TPSA) is 63.7 Å². The van der Waals surface area contributed by atoms with Gasteiger partial charge in [0, 0.05) is 27.8 Å². The number of Topliss-reactive ketones (excluding diaryl/α,β-unsaturated/α-hetero) is 2. The first kappa shape index (κ1) is 20.9. The molecule has 34 heavy (non-hydrogen) atoms. The number of carbonyl (C=O) groups is 3. The highest BCUT2D eigenvalue weighted by molar-refractivity contribution is 6.32. The summed E-state index contributed by atoms with van der Waals surface area (Å²) in [5.41, 5.74) is 1.66. The number of methoxy groups -OCH3 is 1. The number of hydrogen-bond donors (Lipinski definition) is 0. The average molecular weight is 470 g/mol. The van der Waals surface area contributed by atoms with Crippen LogP contribution >= 0.6 is 11.6 Å². The number of anilines is 1. The normalized spacial score (nSPS) is 23.6. The van der Waals surface area contributed by atoms with Crippen molar-refractivity contribution in [3.8, 4) is 0 Å². The Hall–Kier alpha value is -3.70. The number of hydrogen-bond acceptors (Lipinski definition) is 5. The minimum Gasteiger partial charge on any atom is -0.467 e. The van der Waals surface area contributed by atoms with E-state index in [1.54, 1.807) is 48.5 Å². The number of halogens is 1. The molecule has 3 aromatic rings. The lowest BCUT2D eigenvalue weighted by Gasteiger charge is -2.36. The van der Waals surface area contributed by atoms with Gasteiger partial charge in [-0.15, -0.1) is 0 Å². The first-order valence-electron chi connectivity index (χ1n) is 11.1. The molecule has 0 amide bonds. The highest BCUT2D eigenvalue weighted by Crippen LogP contribution is 2.60. The molecule has 0 saturated carbocycles. The molecule has 1 fully saturated rings. The maximum absolute atomic E-state index is 14.2. The van der Waals surface area contributed by atoms with Crippen molar-refractivity contribution in [2.24, 2.45) is 5.41 Å². The Balaban J connectivity index is 1.69. The van der Waals surface area contributed by atoms with E-state index in [1.807, 2.05) is 41.3 Å². The number of benzene rings is 3. The second-order valence-electron chi connectivity index (χ2n) is 8.84. The molecule has 2 aliphatic heterocycles. The number of nitrogens with zero attached hydrogens (tertiary/aromatic N) is 1. The average Bonchev–Trinajstić information content (AvgIpc) is 3.31. The molecule has 2 heterocycles. The number of fused-ring (bicyclic) bond motifs is 5. The number of ether oxygens (including phenoxy) is 1. The predicted octanol–water partition coefficient (Wildman–Crippen LogP) is 4.95. The molecule has 0 aromatic heterocycles. The van der Waals surface area contributed by atoms with Crippen molar-refractivity contribution in [3.63, 3.8) is 0 Å². The van der Waals surface area contributed by atoms with E-state index < -0.39 is 29.4 Å². The fourth-order valence-corrected chi connectivity index (χ4v) is 6.18. The number of carbonyl (C=O) groups excluding carboxylic acids is 3. The molecule has 1 saturated heterocycles. The SMILES string of the molecule is COC(=O)[C@@H]1[C@H](c2ccc(Cl)cc2)C2(C(=O)c3ccccc3C2=O)[C@H]2C=Cc3ccccc3N12. The summed E-state index contributed by atoms with van der Waals surface area (Å²) in [5, 5.41) is 0.528. The molecule has 1 aliphatic carbocycles. The highest BCUT2D eigenvalue weighted by atomic mass is 35.5. The third-order valence-electron chi connectivity index (χ3n) is 7.38. The van der Waals surface area contributed by atoms with Gasteiger partial charge in [0.25, 0.3) is 0 Å². The number of para-hydroxylation sites is 1. The molecule has 0 bridgehead atoms. The summed E-state index contributed by atoms with van der Waals surface area (Å²) in [7, 11) is 1.33. The molecule has 5 nitrogen and oxygen atoms in total. The Morgan fingerprint density at radius 2 is 1.53 bits per heavy atom. The van der Waals surface area contributed by atoms with Crippen molar-refractivity contribution in [2.45, 2.75) is 18.0 Å². The van der Waals surface area contributed by atoms with Gasteiger partial charge in [0.05, 0.1) is 13.2 Å². The van der Waals surface area contributed by atoms with Gasteiger partial charge in [-0.2, -0.15) is 0 Å². The molecule has 3 aliphatic rings. The van der Waals surface area contributed by atoms with E-state index in [9.17, 15) is 14.4 Å². The molecular weight excluding hydrogens is 450 g/mol. The van der Waals surface area contributed by atoms with Crippen LogP contribution in [-0.4, -0.2) is 36.7 Å². The third-order valence-corrected chi connectivity index (χ3v) is 7.64. The molecule has 1 spiro atoms. The van der Waals surface area contributed by atoms with Crippen LogP contribution in [0.2, 0.25) is 5.02 Å². The number of ketones is 2. The minimum atomic E-state index is -1.51. The van der Waals surface area contributed by atoms with E-state index in [4.69, 9.17) is 16.3 Å². The summed E-state index contributed by atoms with van der Waals surface area (Å²) < 4.78 is 5.27. The van der Waals surface area contributed by atoms with Crippen molar-refractivity contribution in [3.05, 3.63) is 106 Å². The van der Waals surface area contributed by atoms with Crippen molar-refractivity contribution in [2.75, 3.05) is 12.0 Å². The summed E-state index contributed by atoms with van der Waals surface area (Å²) in [4.78, 5) is 43.8. The number of esters is 1. The standard InChI is InChI=1S/C28H20ClNO4/c1-34-27(33)24-23(17-10-13-18(29)14-11-17)28(25(31)19-7-3-4-8-20(19)26(28)32)22-15-12-16-6-2-5-9-21(16)30(22)24/h2-15,22-24H,1H3/t22-,23+,24+/m1/s1. The Kier molecular flexibility index (Phi) is 4.55. The van der Waals surface area contributed by atoms with Gasteiger partial charge in [0.15, 0.2) is 11.6 Å². The smallest absolute Gasteiger partial charge is 0.329 e. The summed E-state index contributed by atoms with van der Waals surface area (Å²) in [5.74, 6) is -1.80. The monoisotopic (exact) mass is 469 g/mol. The van der Waals surface area contributed by atoms with Gasteiger partial charge in [0.2, 0.25) is 0 Å². The van der Waals surface area contributed by atoms with Gasteiger partial charge >= 0.3 is 5.97 Å². The molecule has 3 aromatic carbocycles. The van der Waals surface area contributed by atoms with Gasteiger partial charge in [-0.3, -0.25) is 9.59 Å². The maximum Gasteiger partial charge on any atom is 0.329 e. The molecule has 6 rings (SSSR count). The van der Waals surface area contributed by atoms with Crippen LogP contribution in [0, 0.1) is 5.41 Å². The van der Waals surface area contributed by atoms with Crippen LogP contribution in [0.1, 0.15) is 37.8 Å². The quantitative estimate of drug-likeness (QED) is 0.392. The van der Waals surface area contributed by atoms with Crippen LogP contribution in [-0.2, 0) is 9.53 Å². The van der Waals surface area contributed by atoms with Gasteiger partial charge in [0.1, 0.15) is 11.5 Å². The lowest BCUT2D eigenvalue weighted by atomic mass is 9.65. The van der Waals surface area contributed by atoms with Crippen molar-refractivity contribution in [1.29, 1.82) is 0 Å². The fraction of sp³-hybridized carbons (Fsp3) is 0.179. The van der Waals surface area contributed by atoms with E-state index in [1.165, 1.54) is 7.11 Å². The Morgan fingerprint density at radius 1 is 0.912 bits per heavy atom. The zero-order chi connectivity index (χ0) is 23.6. The summed E-state index contributed by atoms with van der Waals surface area (Å²) in [6.45, 7) is 0. The fourth-order valence-electron chi connectivity index (χ4n) is 6.05. The lowest BCUT2D eigenvalue weighted by molar-refractivity contribution is -0.142. The second-order valence-corrected chi connectivity index (χ2v) is 9.28. The van der Waals surface area contributed by atoms with Gasteiger partial charge in [-0.1, -0.05) is 78.4 Å². The summed E-state index contributed by atoms with van der Waals surface area (Å²) in [6.07, 6.45) is 3.82. The van der Waals surface area contributed by atoms with Crippen LogP contribution < -0.4 is 4.90 Å². The lowest BCUT2D eigenvalue weighted by Crippen LogP contribution is -2.48. The molecule has 0 radical (unpaired) electrons. The summed E-state index contributed by atoms with van der Waals surface area (Å²) in [6, 6.07) is 20.1. The Labute approximate surface area is 201 Å². The van der Waals surface area contributed by atoms with E-state index >= 15 is 0 Å². The van der Waals surface area contributed by atoms with E-state index in [0.29, 0.717) is 21.7 Å². The van der Waals surface area contributed by atoms with Crippen LogP contribution in [0.3, 0.4) is 0 Å². The zero-order valence-corrected chi connectivity index (χ0v) is 19.0. The third kappa shape index (κ3) is 2.53. The molecular formula is C28H20ClNO4. The van der Waals surface area contributed by atoms with Crippen molar-refractivity contribution < 1.29 is 19.1 Å². The maximum atomic E-state index is 14.2. The number of rotatable bonds is 2. The molecule has 0 N–H and O–H groups in total. The van der Waals surface area contributed by atoms with Crippen molar-refractivity contribution in [1.82, 2.24) is 0 Å². The first-order valence-corrected chi connectivity index (χ1v) is 11.5. The van der Waals surface area contributed by atoms with Crippen molar-refractivity contribution >= 4 is 40.9 Å². The summed E-state index contributed by atoms with van der Waals surface area (Å²) >= 11 is 6.17. The molecule has 3 atom stereocenters. The first-order chi connectivity index (χ1) is 16.5.